The van der Waals surface area contributed by atoms with Crippen LogP contribution in [0, 0.1) is 17.1 Å². The van der Waals surface area contributed by atoms with Gasteiger partial charge in [-0.25, -0.2) is 4.39 Å². The van der Waals surface area contributed by atoms with E-state index in [0.717, 1.165) is 0 Å². The summed E-state index contributed by atoms with van der Waals surface area (Å²) in [5.41, 5.74) is 0.0819. The number of anilines is 1. The second-order valence-electron chi connectivity index (χ2n) is 4.16. The number of nitrogens with one attached hydrogen (secondary N) is 1. The fourth-order valence-electron chi connectivity index (χ4n) is 1.67. The number of carbonyl (C=O) groups excluding carboxylic acids is 1. The van der Waals surface area contributed by atoms with Crippen molar-refractivity contribution < 1.29 is 14.3 Å². The minimum absolute atomic E-state index is 0.0130. The topological polar surface area (TPSA) is 73.1 Å². The number of hydrogen-bond donors (Lipinski definition) is 2. The Morgan fingerprint density at radius 2 is 1.86 bits per heavy atom. The lowest BCUT2D eigenvalue weighted by molar-refractivity contribution is -0.112. The summed E-state index contributed by atoms with van der Waals surface area (Å²) in [5.74, 6) is -1.39. The number of amides is 1. The van der Waals surface area contributed by atoms with Gasteiger partial charge in [-0.3, -0.25) is 4.79 Å². The van der Waals surface area contributed by atoms with Crippen LogP contribution in [-0.2, 0) is 4.79 Å². The van der Waals surface area contributed by atoms with Gasteiger partial charge in [-0.2, -0.15) is 5.26 Å². The van der Waals surface area contributed by atoms with E-state index >= 15 is 0 Å². The smallest absolute Gasteiger partial charge is 0.266 e. The molecule has 0 aliphatic heterocycles. The fourth-order valence-corrected chi connectivity index (χ4v) is 1.67. The molecule has 2 aromatic carbocycles. The van der Waals surface area contributed by atoms with Gasteiger partial charge < -0.3 is 10.4 Å². The van der Waals surface area contributed by atoms with Crippen LogP contribution in [0.3, 0.4) is 0 Å². The maximum atomic E-state index is 13.5. The molecule has 4 nitrogen and oxygen atoms in total. The number of benzene rings is 2. The zero-order valence-corrected chi connectivity index (χ0v) is 10.9. The number of phenolic OH excluding ortho intramolecular Hbond substituents is 1. The molecule has 0 atom stereocenters. The molecule has 2 N–H and O–H groups in total. The minimum atomic E-state index is -0.745. The van der Waals surface area contributed by atoms with Gasteiger partial charge in [0.1, 0.15) is 23.2 Å². The number of phenols is 1. The van der Waals surface area contributed by atoms with Crippen LogP contribution >= 0.6 is 0 Å². The molecule has 0 aromatic heterocycles. The molecule has 2 rings (SSSR count). The molecule has 0 saturated carbocycles. The van der Waals surface area contributed by atoms with Crippen LogP contribution in [0.25, 0.3) is 6.08 Å². The van der Waals surface area contributed by atoms with Gasteiger partial charge in [-0.15, -0.1) is 0 Å². The van der Waals surface area contributed by atoms with Crippen molar-refractivity contribution in [2.24, 2.45) is 0 Å². The zero-order valence-electron chi connectivity index (χ0n) is 10.9. The maximum absolute atomic E-state index is 13.5. The highest BCUT2D eigenvalue weighted by molar-refractivity contribution is 6.09. The molecular weight excluding hydrogens is 271 g/mol. The average Bonchev–Trinajstić information content (AvgIpc) is 2.48. The quantitative estimate of drug-likeness (QED) is 0.671. The summed E-state index contributed by atoms with van der Waals surface area (Å²) < 4.78 is 13.5. The number of halogens is 1. The van der Waals surface area contributed by atoms with Crippen LogP contribution in [0.4, 0.5) is 10.1 Å². The van der Waals surface area contributed by atoms with E-state index in [1.54, 1.807) is 30.3 Å². The summed E-state index contributed by atoms with van der Waals surface area (Å²) >= 11 is 0. The number of nitriles is 1. The van der Waals surface area contributed by atoms with Gasteiger partial charge in [-0.1, -0.05) is 30.3 Å². The van der Waals surface area contributed by atoms with Crippen molar-refractivity contribution in [3.05, 3.63) is 65.5 Å². The van der Waals surface area contributed by atoms with Gasteiger partial charge in [0.05, 0.1) is 5.69 Å². The molecule has 0 aliphatic rings. The molecule has 1 amide bonds. The first-order valence-corrected chi connectivity index (χ1v) is 6.07. The second-order valence-corrected chi connectivity index (χ2v) is 4.16. The van der Waals surface area contributed by atoms with Crippen LogP contribution in [0.2, 0.25) is 0 Å². The van der Waals surface area contributed by atoms with Crippen LogP contribution < -0.4 is 5.32 Å². The Hall–Kier alpha value is -3.13. The van der Waals surface area contributed by atoms with Crippen molar-refractivity contribution in [3.63, 3.8) is 0 Å². The molecule has 5 heteroatoms. The summed E-state index contributed by atoms with van der Waals surface area (Å²) in [6.45, 7) is 0. The molecule has 0 spiro atoms. The van der Waals surface area contributed by atoms with Gasteiger partial charge in [0.2, 0.25) is 0 Å². The molecule has 21 heavy (non-hydrogen) atoms. The highest BCUT2D eigenvalue weighted by Crippen LogP contribution is 2.20. The Bertz CT molecular complexity index is 748. The molecule has 0 saturated heterocycles. The van der Waals surface area contributed by atoms with Crippen molar-refractivity contribution in [2.45, 2.75) is 0 Å². The second kappa shape index (κ2) is 6.35. The largest absolute Gasteiger partial charge is 0.507 e. The predicted molar refractivity (Wildman–Crippen MR) is 76.7 cm³/mol. The SMILES string of the molecule is N#C/C(=C/c1ccccc1O)C(=O)Nc1ccccc1F. The van der Waals surface area contributed by atoms with Crippen LogP contribution in [0.15, 0.2) is 54.1 Å². The van der Waals surface area contributed by atoms with Crippen molar-refractivity contribution in [2.75, 3.05) is 5.32 Å². The number of carbonyl (C=O) groups is 1. The number of aromatic hydroxyl groups is 1. The van der Waals surface area contributed by atoms with E-state index in [1.165, 1.54) is 30.3 Å². The Balaban J connectivity index is 2.26. The average molecular weight is 282 g/mol. The molecule has 2 aromatic rings. The Morgan fingerprint density at radius 3 is 2.52 bits per heavy atom. The van der Waals surface area contributed by atoms with Gasteiger partial charge >= 0.3 is 0 Å². The van der Waals surface area contributed by atoms with Gasteiger partial charge in [0.25, 0.3) is 5.91 Å². The Labute approximate surface area is 120 Å². The molecular formula is C16H11FN2O2. The molecule has 104 valence electrons. The Kier molecular flexibility index (Phi) is 4.32. The van der Waals surface area contributed by atoms with Crippen molar-refractivity contribution in [3.8, 4) is 11.8 Å². The number of para-hydroxylation sites is 2. The van der Waals surface area contributed by atoms with Gasteiger partial charge in [0.15, 0.2) is 0 Å². The molecule has 0 aliphatic carbocycles. The summed E-state index contributed by atoms with van der Waals surface area (Å²) in [5, 5.41) is 21.0. The molecule has 0 fully saturated rings. The van der Waals surface area contributed by atoms with Crippen LogP contribution in [0.1, 0.15) is 5.56 Å². The highest BCUT2D eigenvalue weighted by Gasteiger charge is 2.12. The first-order valence-electron chi connectivity index (χ1n) is 6.07. The van der Waals surface area contributed by atoms with Crippen LogP contribution in [0.5, 0.6) is 5.75 Å². The lowest BCUT2D eigenvalue weighted by Crippen LogP contribution is -2.14. The fraction of sp³-hybridized carbons (Fsp3) is 0. The normalized spacial score (nSPS) is 10.8. The first-order chi connectivity index (χ1) is 10.1. The van der Waals surface area contributed by atoms with Crippen molar-refractivity contribution in [1.82, 2.24) is 0 Å². The summed E-state index contributed by atoms with van der Waals surface area (Å²) in [6, 6.07) is 13.7. The summed E-state index contributed by atoms with van der Waals surface area (Å²) in [6.07, 6.45) is 1.24. The summed E-state index contributed by atoms with van der Waals surface area (Å²) in [4.78, 5) is 12.0. The number of rotatable bonds is 3. The monoisotopic (exact) mass is 282 g/mol. The zero-order chi connectivity index (χ0) is 15.2. The standard InChI is InChI=1S/C16H11FN2O2/c17-13-6-2-3-7-14(13)19-16(21)12(10-18)9-11-5-1-4-8-15(11)20/h1-9,20H,(H,19,21)/b12-9-. The Morgan fingerprint density at radius 1 is 1.19 bits per heavy atom. The summed E-state index contributed by atoms with van der Waals surface area (Å²) in [7, 11) is 0. The van der Waals surface area contributed by atoms with E-state index in [1.807, 2.05) is 0 Å². The maximum Gasteiger partial charge on any atom is 0.266 e. The van der Waals surface area contributed by atoms with Gasteiger partial charge in [-0.05, 0) is 24.3 Å². The molecule has 0 heterocycles. The third kappa shape index (κ3) is 3.45. The first kappa shape index (κ1) is 14.3. The number of hydrogen-bond acceptors (Lipinski definition) is 3. The van der Waals surface area contributed by atoms with Crippen molar-refractivity contribution in [1.29, 1.82) is 5.26 Å². The molecule has 0 unspecified atom stereocenters. The molecule has 0 bridgehead atoms. The van der Waals surface area contributed by atoms with Crippen molar-refractivity contribution >= 4 is 17.7 Å². The minimum Gasteiger partial charge on any atom is -0.507 e. The lowest BCUT2D eigenvalue weighted by Gasteiger charge is -2.05. The van der Waals surface area contributed by atoms with E-state index < -0.39 is 11.7 Å². The van der Waals surface area contributed by atoms with E-state index in [9.17, 15) is 14.3 Å². The van der Waals surface area contributed by atoms with E-state index in [2.05, 4.69) is 5.32 Å². The van der Waals surface area contributed by atoms with E-state index in [4.69, 9.17) is 5.26 Å². The highest BCUT2D eigenvalue weighted by atomic mass is 19.1. The van der Waals surface area contributed by atoms with E-state index in [-0.39, 0.29) is 17.0 Å². The lowest BCUT2D eigenvalue weighted by atomic mass is 10.1. The third-order valence-electron chi connectivity index (χ3n) is 2.72. The third-order valence-corrected chi connectivity index (χ3v) is 2.72. The van der Waals surface area contributed by atoms with E-state index in [0.29, 0.717) is 5.56 Å². The van der Waals surface area contributed by atoms with Crippen LogP contribution in [-0.4, -0.2) is 11.0 Å². The van der Waals surface area contributed by atoms with Gasteiger partial charge in [0, 0.05) is 5.56 Å². The number of nitrogens with zero attached hydrogens (tertiary/aromatic N) is 1. The predicted octanol–water partition coefficient (Wildman–Crippen LogP) is 3.08. The molecule has 0 radical (unpaired) electrons.